The minimum absolute atomic E-state index is 0.223. The molecule has 0 aliphatic carbocycles. The smallest absolute Gasteiger partial charge is 0.198 e. The zero-order chi connectivity index (χ0) is 14.7. The zero-order valence-electron chi connectivity index (χ0n) is 11.1. The maximum absolute atomic E-state index is 12.5. The highest BCUT2D eigenvalue weighted by molar-refractivity contribution is 6.31. The highest BCUT2D eigenvalue weighted by Crippen LogP contribution is 2.29. The Hall–Kier alpha value is -2.20. The number of rotatable bonds is 4. The molecule has 0 aliphatic rings. The van der Waals surface area contributed by atoms with Gasteiger partial charge in [-0.3, -0.25) is 4.79 Å². The lowest BCUT2D eigenvalue weighted by Crippen LogP contribution is -2.07. The van der Waals surface area contributed by atoms with Gasteiger partial charge in [0, 0.05) is 22.3 Å². The number of halogens is 1. The number of ether oxygens (including phenoxy) is 2. The van der Waals surface area contributed by atoms with Crippen LogP contribution in [0.1, 0.15) is 15.9 Å². The van der Waals surface area contributed by atoms with Crippen LogP contribution in [0, 0.1) is 0 Å². The number of carbonyl (C=O) groups is 1. The standard InChI is InChI=1S/C15H14ClNO3/c1-19-10-4-6-12(14(8-10)20-2)15(18)11-5-3-9(16)7-13(11)17/h3-8H,17H2,1-2H3. The van der Waals surface area contributed by atoms with Crippen molar-refractivity contribution in [2.24, 2.45) is 0 Å². The average Bonchev–Trinajstić information content (AvgIpc) is 2.46. The molecule has 4 nitrogen and oxygen atoms in total. The predicted molar refractivity (Wildman–Crippen MR) is 78.8 cm³/mol. The Morgan fingerprint density at radius 2 is 1.75 bits per heavy atom. The third-order valence-electron chi connectivity index (χ3n) is 2.91. The second-order valence-corrected chi connectivity index (χ2v) is 4.56. The number of carbonyl (C=O) groups excluding carboxylic acids is 1. The number of hydrogen-bond acceptors (Lipinski definition) is 4. The summed E-state index contributed by atoms with van der Waals surface area (Å²) in [6.45, 7) is 0. The second-order valence-electron chi connectivity index (χ2n) is 4.13. The van der Waals surface area contributed by atoms with Crippen molar-refractivity contribution < 1.29 is 14.3 Å². The highest BCUT2D eigenvalue weighted by Gasteiger charge is 2.17. The van der Waals surface area contributed by atoms with E-state index in [-0.39, 0.29) is 5.78 Å². The van der Waals surface area contributed by atoms with E-state index in [2.05, 4.69) is 0 Å². The van der Waals surface area contributed by atoms with E-state index in [0.29, 0.717) is 33.3 Å². The van der Waals surface area contributed by atoms with Gasteiger partial charge in [0.05, 0.1) is 19.8 Å². The molecule has 2 aromatic rings. The molecule has 0 spiro atoms. The van der Waals surface area contributed by atoms with Crippen LogP contribution in [0.5, 0.6) is 11.5 Å². The monoisotopic (exact) mass is 291 g/mol. The van der Waals surface area contributed by atoms with E-state index in [9.17, 15) is 4.79 Å². The number of nitrogens with two attached hydrogens (primary N) is 1. The molecule has 2 rings (SSSR count). The topological polar surface area (TPSA) is 61.5 Å². The minimum atomic E-state index is -0.223. The van der Waals surface area contributed by atoms with Crippen LogP contribution in [0.2, 0.25) is 5.02 Å². The van der Waals surface area contributed by atoms with Gasteiger partial charge in [0.25, 0.3) is 0 Å². The third kappa shape index (κ3) is 2.70. The van der Waals surface area contributed by atoms with Crippen molar-refractivity contribution in [2.45, 2.75) is 0 Å². The van der Waals surface area contributed by atoms with Crippen molar-refractivity contribution in [3.8, 4) is 11.5 Å². The number of benzene rings is 2. The van der Waals surface area contributed by atoms with E-state index < -0.39 is 0 Å². The van der Waals surface area contributed by atoms with Crippen molar-refractivity contribution in [3.05, 3.63) is 52.5 Å². The SMILES string of the molecule is COc1ccc(C(=O)c2ccc(Cl)cc2N)c(OC)c1. The molecular weight excluding hydrogens is 278 g/mol. The van der Waals surface area contributed by atoms with Gasteiger partial charge >= 0.3 is 0 Å². The van der Waals surface area contributed by atoms with Gasteiger partial charge in [-0.2, -0.15) is 0 Å². The molecule has 0 saturated carbocycles. The van der Waals surface area contributed by atoms with E-state index in [1.54, 1.807) is 43.5 Å². The molecule has 2 N–H and O–H groups in total. The van der Waals surface area contributed by atoms with Crippen molar-refractivity contribution in [3.63, 3.8) is 0 Å². The quantitative estimate of drug-likeness (QED) is 0.694. The van der Waals surface area contributed by atoms with Crippen LogP contribution < -0.4 is 15.2 Å². The van der Waals surface area contributed by atoms with Gasteiger partial charge < -0.3 is 15.2 Å². The number of nitrogen functional groups attached to an aromatic ring is 1. The van der Waals surface area contributed by atoms with Crippen molar-refractivity contribution in [2.75, 3.05) is 20.0 Å². The molecule has 104 valence electrons. The van der Waals surface area contributed by atoms with Crippen LogP contribution in [0.4, 0.5) is 5.69 Å². The Balaban J connectivity index is 2.47. The van der Waals surface area contributed by atoms with Crippen LogP contribution in [0.25, 0.3) is 0 Å². The molecule has 0 aliphatic heterocycles. The fraction of sp³-hybridized carbons (Fsp3) is 0.133. The van der Waals surface area contributed by atoms with Crippen LogP contribution in [-0.4, -0.2) is 20.0 Å². The summed E-state index contributed by atoms with van der Waals surface area (Å²) in [4.78, 5) is 12.5. The van der Waals surface area contributed by atoms with Gasteiger partial charge in [0.15, 0.2) is 5.78 Å². The molecule has 5 heteroatoms. The second kappa shape index (κ2) is 5.84. The molecule has 0 atom stereocenters. The van der Waals surface area contributed by atoms with Crippen LogP contribution in [0.15, 0.2) is 36.4 Å². The first-order valence-electron chi connectivity index (χ1n) is 5.88. The Kier molecular flexibility index (Phi) is 4.15. The Labute approximate surface area is 122 Å². The van der Waals surface area contributed by atoms with Crippen LogP contribution >= 0.6 is 11.6 Å². The summed E-state index contributed by atoms with van der Waals surface area (Å²) in [6, 6.07) is 9.77. The van der Waals surface area contributed by atoms with Gasteiger partial charge in [0.2, 0.25) is 0 Å². The van der Waals surface area contributed by atoms with E-state index in [4.69, 9.17) is 26.8 Å². The van der Waals surface area contributed by atoms with E-state index in [1.807, 2.05) is 0 Å². The average molecular weight is 292 g/mol. The number of hydrogen-bond donors (Lipinski definition) is 1. The number of ketones is 1. The van der Waals surface area contributed by atoms with E-state index >= 15 is 0 Å². The first-order valence-corrected chi connectivity index (χ1v) is 6.26. The Morgan fingerprint density at radius 1 is 1.05 bits per heavy atom. The molecular formula is C15H14ClNO3. The van der Waals surface area contributed by atoms with Crippen molar-refractivity contribution >= 4 is 23.1 Å². The maximum atomic E-state index is 12.5. The van der Waals surface area contributed by atoms with Crippen molar-refractivity contribution in [1.82, 2.24) is 0 Å². The lowest BCUT2D eigenvalue weighted by atomic mass is 10.0. The summed E-state index contributed by atoms with van der Waals surface area (Å²) in [5.74, 6) is 0.824. The van der Waals surface area contributed by atoms with Crippen LogP contribution in [-0.2, 0) is 0 Å². The predicted octanol–water partition coefficient (Wildman–Crippen LogP) is 3.17. The lowest BCUT2D eigenvalue weighted by Gasteiger charge is -2.11. The maximum Gasteiger partial charge on any atom is 0.198 e. The Bertz CT molecular complexity index is 656. The molecule has 0 aromatic heterocycles. The lowest BCUT2D eigenvalue weighted by molar-refractivity contribution is 0.103. The van der Waals surface area contributed by atoms with Crippen molar-refractivity contribution in [1.29, 1.82) is 0 Å². The van der Waals surface area contributed by atoms with Gasteiger partial charge in [-0.1, -0.05) is 11.6 Å². The fourth-order valence-electron chi connectivity index (χ4n) is 1.87. The molecule has 0 amide bonds. The highest BCUT2D eigenvalue weighted by atomic mass is 35.5. The summed E-state index contributed by atoms with van der Waals surface area (Å²) in [5.41, 5.74) is 6.98. The summed E-state index contributed by atoms with van der Waals surface area (Å²) in [5, 5.41) is 0.487. The minimum Gasteiger partial charge on any atom is -0.497 e. The molecule has 20 heavy (non-hydrogen) atoms. The van der Waals surface area contributed by atoms with Crippen LogP contribution in [0.3, 0.4) is 0 Å². The summed E-state index contributed by atoms with van der Waals surface area (Å²) < 4.78 is 10.3. The first kappa shape index (κ1) is 14.2. The first-order chi connectivity index (χ1) is 9.56. The molecule has 0 heterocycles. The molecule has 0 bridgehead atoms. The molecule has 2 aromatic carbocycles. The molecule has 0 fully saturated rings. The van der Waals surface area contributed by atoms with Gasteiger partial charge in [-0.25, -0.2) is 0 Å². The van der Waals surface area contributed by atoms with Gasteiger partial charge in [-0.05, 0) is 30.3 Å². The fourth-order valence-corrected chi connectivity index (χ4v) is 2.05. The number of methoxy groups -OCH3 is 2. The molecule has 0 radical (unpaired) electrons. The zero-order valence-corrected chi connectivity index (χ0v) is 11.9. The third-order valence-corrected chi connectivity index (χ3v) is 3.15. The molecule has 0 saturated heterocycles. The van der Waals surface area contributed by atoms with E-state index in [1.165, 1.54) is 7.11 Å². The Morgan fingerprint density at radius 3 is 2.35 bits per heavy atom. The van der Waals surface area contributed by atoms with Gasteiger partial charge in [0.1, 0.15) is 11.5 Å². The number of anilines is 1. The molecule has 0 unspecified atom stereocenters. The summed E-state index contributed by atoms with van der Waals surface area (Å²) in [6.07, 6.45) is 0. The summed E-state index contributed by atoms with van der Waals surface area (Å²) in [7, 11) is 3.05. The van der Waals surface area contributed by atoms with E-state index in [0.717, 1.165) is 0 Å². The van der Waals surface area contributed by atoms with Gasteiger partial charge in [-0.15, -0.1) is 0 Å². The normalized spacial score (nSPS) is 10.2. The largest absolute Gasteiger partial charge is 0.497 e. The summed E-state index contributed by atoms with van der Waals surface area (Å²) >= 11 is 5.83.